The first-order chi connectivity index (χ1) is 16.5. The van der Waals surface area contributed by atoms with E-state index in [9.17, 15) is 0 Å². The van der Waals surface area contributed by atoms with Crippen LogP contribution in [-0.2, 0) is 0 Å². The SMILES string of the molecule is Cc1ccc2c(c1)N=[N+](c1ccccc1)[C@]1(S2)Sc2c(C)cc(C)cc2N=[N+]1c1ccccc1. The van der Waals surface area contributed by atoms with Crippen molar-refractivity contribution in [2.75, 3.05) is 0 Å². The van der Waals surface area contributed by atoms with Crippen LogP contribution < -0.4 is 0 Å². The summed E-state index contributed by atoms with van der Waals surface area (Å²) in [4.78, 5) is 2.34. The molecule has 1 atom stereocenters. The van der Waals surface area contributed by atoms with Gasteiger partial charge in [0.15, 0.2) is 0 Å². The fourth-order valence-corrected chi connectivity index (χ4v) is 7.35. The van der Waals surface area contributed by atoms with Crippen LogP contribution in [0.1, 0.15) is 16.7 Å². The van der Waals surface area contributed by atoms with Crippen molar-refractivity contribution in [3.63, 3.8) is 0 Å². The molecule has 4 aromatic rings. The number of rotatable bonds is 2. The maximum Gasteiger partial charge on any atom is 0.516 e. The largest absolute Gasteiger partial charge is 0.516 e. The van der Waals surface area contributed by atoms with E-state index in [0.717, 1.165) is 27.6 Å². The minimum Gasteiger partial charge on any atom is -0.0618 e. The Balaban J connectivity index is 1.68. The molecule has 0 amide bonds. The zero-order valence-corrected chi connectivity index (χ0v) is 20.9. The molecule has 0 saturated heterocycles. The van der Waals surface area contributed by atoms with Crippen LogP contribution in [0.2, 0.25) is 0 Å². The average Bonchev–Trinajstić information content (AvgIpc) is 2.85. The molecule has 0 N–H and O–H groups in total. The molecule has 6 rings (SSSR count). The Hall–Kier alpha value is -3.22. The van der Waals surface area contributed by atoms with Gasteiger partial charge in [0, 0.05) is 43.9 Å². The molecule has 1 spiro atoms. The maximum absolute atomic E-state index is 5.27. The Morgan fingerprint density at radius 3 is 1.85 bits per heavy atom. The van der Waals surface area contributed by atoms with Crippen molar-refractivity contribution < 1.29 is 9.39 Å². The summed E-state index contributed by atoms with van der Waals surface area (Å²) in [5, 5.41) is 10.5. The van der Waals surface area contributed by atoms with Gasteiger partial charge in [-0.15, -0.1) is 0 Å². The lowest BCUT2D eigenvalue weighted by atomic mass is 10.1. The molecular weight excluding hydrogens is 456 g/mol. The third-order valence-corrected chi connectivity index (χ3v) is 8.97. The van der Waals surface area contributed by atoms with Crippen LogP contribution in [-0.4, -0.2) is 13.7 Å². The average molecular weight is 481 g/mol. The van der Waals surface area contributed by atoms with Gasteiger partial charge >= 0.3 is 4.33 Å². The normalized spacial score (nSPS) is 18.7. The molecule has 0 aliphatic carbocycles. The molecule has 4 nitrogen and oxygen atoms in total. The van der Waals surface area contributed by atoms with E-state index in [1.54, 1.807) is 11.8 Å². The molecule has 0 radical (unpaired) electrons. The highest BCUT2D eigenvalue weighted by Crippen LogP contribution is 2.60. The standard InChI is InChI=1S/C28H24N4S2/c1-19-14-15-26-24(17-19)29-31(22-10-6-4-7-11-22)28(33-26)32(23-12-8-5-9-13-23)30-25-18-20(2)16-21(3)27(25)34-28/h4-18H,1-3H3/q+2/t28-/m0/s1. The monoisotopic (exact) mass is 480 g/mol. The third kappa shape index (κ3) is 3.49. The predicted molar refractivity (Wildman–Crippen MR) is 138 cm³/mol. The zero-order chi connectivity index (χ0) is 23.3. The van der Waals surface area contributed by atoms with Gasteiger partial charge in [0.1, 0.15) is 11.4 Å². The number of para-hydroxylation sites is 2. The lowest BCUT2D eigenvalue weighted by molar-refractivity contribution is -0.751. The van der Waals surface area contributed by atoms with Crippen LogP contribution in [0.4, 0.5) is 22.7 Å². The van der Waals surface area contributed by atoms with E-state index < -0.39 is 4.33 Å². The van der Waals surface area contributed by atoms with Crippen molar-refractivity contribution in [2.45, 2.75) is 34.9 Å². The Morgan fingerprint density at radius 1 is 0.618 bits per heavy atom. The van der Waals surface area contributed by atoms with E-state index in [4.69, 9.17) is 10.2 Å². The van der Waals surface area contributed by atoms with Crippen molar-refractivity contribution >= 4 is 46.3 Å². The van der Waals surface area contributed by atoms with Crippen molar-refractivity contribution in [3.8, 4) is 0 Å². The van der Waals surface area contributed by atoms with E-state index >= 15 is 0 Å². The number of hydrogen-bond acceptors (Lipinski definition) is 4. The number of fused-ring (bicyclic) bond motifs is 2. The molecular formula is C28H24N4S2+2. The third-order valence-electron chi connectivity index (χ3n) is 5.94. The summed E-state index contributed by atoms with van der Waals surface area (Å²) in [6, 6.07) is 31.7. The molecule has 2 aliphatic rings. The van der Waals surface area contributed by atoms with E-state index in [1.165, 1.54) is 21.6 Å². The van der Waals surface area contributed by atoms with Gasteiger partial charge in [-0.25, -0.2) is 0 Å². The molecule has 6 heteroatoms. The van der Waals surface area contributed by atoms with E-state index in [2.05, 4.69) is 109 Å². The number of azo groups is 4. The highest BCUT2D eigenvalue weighted by Gasteiger charge is 2.65. The summed E-state index contributed by atoms with van der Waals surface area (Å²) in [6.07, 6.45) is 0. The summed E-state index contributed by atoms with van der Waals surface area (Å²) in [5.41, 5.74) is 7.69. The molecule has 2 aliphatic heterocycles. The molecule has 0 unspecified atom stereocenters. The second-order valence-electron chi connectivity index (χ2n) is 8.65. The van der Waals surface area contributed by atoms with Crippen LogP contribution in [0.3, 0.4) is 0 Å². The fourth-order valence-electron chi connectivity index (χ4n) is 4.41. The molecule has 0 saturated carbocycles. The van der Waals surface area contributed by atoms with Crippen molar-refractivity contribution in [3.05, 3.63) is 108 Å². The Labute approximate surface area is 208 Å². The predicted octanol–water partition coefficient (Wildman–Crippen LogP) is 8.99. The van der Waals surface area contributed by atoms with Gasteiger partial charge in [0.05, 0.1) is 33.3 Å². The summed E-state index contributed by atoms with van der Waals surface area (Å²) in [6.45, 7) is 6.42. The summed E-state index contributed by atoms with van der Waals surface area (Å²) in [7, 11) is 0. The van der Waals surface area contributed by atoms with Crippen molar-refractivity contribution in [1.82, 2.24) is 0 Å². The molecule has 4 aromatic carbocycles. The minimum absolute atomic E-state index is 0.669. The zero-order valence-electron chi connectivity index (χ0n) is 19.3. The first-order valence-corrected chi connectivity index (χ1v) is 12.9. The number of nitrogens with zero attached hydrogens (tertiary/aromatic N) is 4. The Kier molecular flexibility index (Phi) is 5.15. The highest BCUT2D eigenvalue weighted by atomic mass is 32.2. The van der Waals surface area contributed by atoms with Crippen molar-refractivity contribution in [2.24, 2.45) is 10.2 Å². The number of hydrogen-bond donors (Lipinski definition) is 0. The first-order valence-electron chi connectivity index (χ1n) is 11.3. The second-order valence-corrected chi connectivity index (χ2v) is 11.3. The van der Waals surface area contributed by atoms with Gasteiger partial charge < -0.3 is 0 Å². The van der Waals surface area contributed by atoms with Crippen molar-refractivity contribution in [1.29, 1.82) is 0 Å². The van der Waals surface area contributed by atoms with Crippen LogP contribution in [0.5, 0.6) is 0 Å². The topological polar surface area (TPSA) is 30.7 Å². The molecule has 34 heavy (non-hydrogen) atoms. The van der Waals surface area contributed by atoms with E-state index in [-0.39, 0.29) is 0 Å². The molecule has 166 valence electrons. The lowest BCUT2D eigenvalue weighted by Gasteiger charge is -2.28. The van der Waals surface area contributed by atoms with Crippen LogP contribution >= 0.6 is 23.5 Å². The van der Waals surface area contributed by atoms with Gasteiger partial charge in [-0.2, -0.15) is 0 Å². The minimum atomic E-state index is -0.669. The van der Waals surface area contributed by atoms with E-state index in [0.29, 0.717) is 0 Å². The number of benzene rings is 4. The van der Waals surface area contributed by atoms with Crippen LogP contribution in [0.25, 0.3) is 0 Å². The smallest absolute Gasteiger partial charge is 0.0618 e. The van der Waals surface area contributed by atoms with Gasteiger partial charge in [-0.1, -0.05) is 48.5 Å². The highest BCUT2D eigenvalue weighted by molar-refractivity contribution is 8.17. The summed E-state index contributed by atoms with van der Waals surface area (Å²) in [5.74, 6) is 0. The maximum atomic E-state index is 5.27. The Morgan fingerprint density at radius 2 is 1.21 bits per heavy atom. The second kappa shape index (κ2) is 8.22. The summed E-state index contributed by atoms with van der Waals surface area (Å²) < 4.78 is 3.61. The number of aryl methyl sites for hydroxylation is 3. The van der Waals surface area contributed by atoms with Gasteiger partial charge in [-0.3, -0.25) is 0 Å². The molecule has 0 bridgehead atoms. The lowest BCUT2D eigenvalue weighted by Crippen LogP contribution is -2.43. The molecule has 2 heterocycles. The Bertz CT molecular complexity index is 1480. The van der Waals surface area contributed by atoms with Gasteiger partial charge in [0.2, 0.25) is 11.4 Å². The number of thioether (sulfide) groups is 2. The van der Waals surface area contributed by atoms with E-state index in [1.807, 2.05) is 23.9 Å². The summed E-state index contributed by atoms with van der Waals surface area (Å²) >= 11 is 3.62. The fraction of sp³-hybridized carbons (Fsp3) is 0.143. The molecule has 0 fully saturated rings. The van der Waals surface area contributed by atoms with Gasteiger partial charge in [0.25, 0.3) is 0 Å². The van der Waals surface area contributed by atoms with Crippen LogP contribution in [0, 0.1) is 20.8 Å². The quantitative estimate of drug-likeness (QED) is 0.268. The first kappa shape index (κ1) is 21.3. The van der Waals surface area contributed by atoms with Crippen LogP contribution in [0.15, 0.2) is 111 Å². The van der Waals surface area contributed by atoms with Gasteiger partial charge in [-0.05, 0) is 55.7 Å². The molecule has 0 aromatic heterocycles.